The van der Waals surface area contributed by atoms with Gasteiger partial charge in [0.15, 0.2) is 0 Å². The summed E-state index contributed by atoms with van der Waals surface area (Å²) in [5.74, 6) is 0. The van der Waals surface area contributed by atoms with E-state index in [0.717, 1.165) is 0 Å². The van der Waals surface area contributed by atoms with Gasteiger partial charge in [0.05, 0.1) is 0 Å². The van der Waals surface area contributed by atoms with E-state index in [1.165, 1.54) is 0 Å². The van der Waals surface area contributed by atoms with Gasteiger partial charge < -0.3 is 0 Å². The van der Waals surface area contributed by atoms with Gasteiger partial charge in [-0.2, -0.15) is 0 Å². The van der Waals surface area contributed by atoms with Crippen LogP contribution in [-0.4, -0.2) is 48.9 Å². The van der Waals surface area contributed by atoms with Crippen LogP contribution < -0.4 is 18.1 Å². The Labute approximate surface area is 205 Å². The Bertz CT molecular complexity index is 386. The first kappa shape index (κ1) is 44.8. The van der Waals surface area contributed by atoms with E-state index in [0.29, 0.717) is 0 Å². The van der Waals surface area contributed by atoms with Crippen molar-refractivity contribution in [3.05, 3.63) is 0 Å². The van der Waals surface area contributed by atoms with Crippen LogP contribution in [-0.2, 0) is 143 Å². The van der Waals surface area contributed by atoms with Crippen molar-refractivity contribution < 1.29 is 162 Å². The average Bonchev–Trinajstić information content (AvgIpc) is 1.94. The zero-order valence-electron chi connectivity index (χ0n) is 9.42. The fraction of sp³-hybridized carbons (Fsp3) is 0. The first-order valence-electron chi connectivity index (χ1n) is 2.74. The van der Waals surface area contributed by atoms with Gasteiger partial charge in [0.25, 0.3) is 0 Å². The molecule has 125 valence electrons. The van der Waals surface area contributed by atoms with Crippen LogP contribution in [0.5, 0.6) is 0 Å². The molecule has 0 N–H and O–H groups in total. The minimum atomic E-state index is -4.20. The quantitative estimate of drug-likeness (QED) is 0.204. The molecule has 0 amide bonds. The predicted molar refractivity (Wildman–Crippen MR) is 12.6 cm³/mol. The third kappa shape index (κ3) is 933. The van der Waals surface area contributed by atoms with Crippen LogP contribution in [0, 0.1) is 0 Å². The summed E-state index contributed by atoms with van der Waals surface area (Å²) in [5, 5.41) is 0. The van der Waals surface area contributed by atoms with E-state index in [4.69, 9.17) is 50.6 Å². The molecule has 22 heteroatoms. The molecule has 0 aliphatic heterocycles. The second-order valence-corrected chi connectivity index (χ2v) is 6.61. The van der Waals surface area contributed by atoms with Crippen molar-refractivity contribution in [1.29, 1.82) is 0 Å². The Morgan fingerprint density at radius 3 is 0.364 bits per heavy atom. The molecule has 15 nitrogen and oxygen atoms in total. The Morgan fingerprint density at radius 1 is 0.364 bits per heavy atom. The fourth-order valence-electron chi connectivity index (χ4n) is 0. The molecule has 0 aliphatic rings. The summed E-state index contributed by atoms with van der Waals surface area (Å²) >= 11 is -21.0. The summed E-state index contributed by atoms with van der Waals surface area (Å²) in [5.41, 5.74) is 0. The summed E-state index contributed by atoms with van der Waals surface area (Å²) in [4.78, 5) is 0. The maximum absolute atomic E-state index is 8.60. The molecule has 22 heavy (non-hydrogen) atoms. The van der Waals surface area contributed by atoms with Gasteiger partial charge >= 0.3 is 210 Å². The van der Waals surface area contributed by atoms with Crippen molar-refractivity contribution in [3.8, 4) is 0 Å². The number of rotatable bonds is 0. The summed E-state index contributed by atoms with van der Waals surface area (Å²) in [6.07, 6.45) is 0. The van der Waals surface area contributed by atoms with Crippen LogP contribution in [0.15, 0.2) is 0 Å². The van der Waals surface area contributed by atoms with Crippen LogP contribution in [0.2, 0.25) is 0 Å². The van der Waals surface area contributed by atoms with Gasteiger partial charge in [-0.3, -0.25) is 0 Å². The first-order chi connectivity index (χ1) is 8.66. The minimum absolute atomic E-state index is 0. The molecule has 0 saturated carbocycles. The van der Waals surface area contributed by atoms with Gasteiger partial charge in [0.1, 0.15) is 0 Å². The Balaban J connectivity index is -0.0000000250. The van der Waals surface area contributed by atoms with Gasteiger partial charge in [-0.25, -0.2) is 0 Å². The SMILES string of the molecule is [Ba+2].[Fe+3].[O]=[Nb](=[O])[O-].[O]=[Nb](=[O])[O-].[O]=[Nb](=[O])[O-].[O]=[Nb](=[O])[O-].[O]=[Nb](=[O])[O-]. The van der Waals surface area contributed by atoms with E-state index in [1.807, 2.05) is 0 Å². The van der Waals surface area contributed by atoms with Gasteiger partial charge in [-0.05, 0) is 0 Å². The van der Waals surface area contributed by atoms with Gasteiger partial charge in [0, 0.05) is 0 Å². The van der Waals surface area contributed by atoms with Crippen molar-refractivity contribution in [2.24, 2.45) is 0 Å². The standard InChI is InChI=1S/Ba.Fe.5Nb.15O/q+2;+3;;;;;;;;;;;;;;;;5*-1. The summed E-state index contributed by atoms with van der Waals surface area (Å²) in [6.45, 7) is 0. The van der Waals surface area contributed by atoms with E-state index in [9.17, 15) is 0 Å². The first-order valence-corrected chi connectivity index (χ1v) is 16.2. The van der Waals surface area contributed by atoms with E-state index < -0.39 is 93.9 Å². The second-order valence-electron chi connectivity index (χ2n) is 1.12. The molecule has 0 aliphatic carbocycles. The molecule has 0 saturated heterocycles. The van der Waals surface area contributed by atoms with E-state index in [2.05, 4.69) is 0 Å². The molecule has 0 bridgehead atoms. The zero-order chi connectivity index (χ0) is 17.9. The van der Waals surface area contributed by atoms with E-state index in [1.54, 1.807) is 0 Å². The van der Waals surface area contributed by atoms with Crippen molar-refractivity contribution in [2.75, 3.05) is 0 Å². The Morgan fingerprint density at radius 2 is 0.364 bits per heavy atom. The Kier molecular flexibility index (Phi) is 80.6. The average molecular weight is 898 g/mol. The summed E-state index contributed by atoms with van der Waals surface area (Å²) < 4.78 is 129. The van der Waals surface area contributed by atoms with Crippen molar-refractivity contribution >= 4 is 48.9 Å². The third-order valence-electron chi connectivity index (χ3n) is 0. The monoisotopic (exact) mass is 898 g/mol. The molecule has 1 radical (unpaired) electrons. The van der Waals surface area contributed by atoms with Crippen LogP contribution in [0.1, 0.15) is 0 Å². The molecule has 0 aromatic heterocycles. The van der Waals surface area contributed by atoms with Crippen LogP contribution >= 0.6 is 0 Å². The molecular formula is BaFeNb5O15. The van der Waals surface area contributed by atoms with Crippen molar-refractivity contribution in [2.45, 2.75) is 0 Å². The molecule has 0 rings (SSSR count). The molecule has 0 spiro atoms. The van der Waals surface area contributed by atoms with Gasteiger partial charge in [-0.15, -0.1) is 0 Å². The van der Waals surface area contributed by atoms with Crippen LogP contribution in [0.25, 0.3) is 0 Å². The van der Waals surface area contributed by atoms with E-state index >= 15 is 0 Å². The second kappa shape index (κ2) is 39.6. The van der Waals surface area contributed by atoms with Gasteiger partial charge in [0.2, 0.25) is 0 Å². The third-order valence-corrected chi connectivity index (χ3v) is 0. The van der Waals surface area contributed by atoms with E-state index in [-0.39, 0.29) is 65.9 Å². The topological polar surface area (TPSA) is 286 Å². The van der Waals surface area contributed by atoms with Crippen LogP contribution in [0.3, 0.4) is 0 Å². The van der Waals surface area contributed by atoms with Crippen molar-refractivity contribution in [1.82, 2.24) is 0 Å². The normalized spacial score (nSPS) is 5.68. The zero-order valence-corrected chi connectivity index (χ0v) is 26.0. The summed E-state index contributed by atoms with van der Waals surface area (Å²) in [7, 11) is 0. The molecule has 0 heterocycles. The number of hydrogen-bond donors (Lipinski definition) is 0. The molecular weight excluding hydrogens is 898 g/mol. The molecule has 0 aromatic carbocycles. The molecule has 0 atom stereocenters. The van der Waals surface area contributed by atoms with Crippen molar-refractivity contribution in [3.63, 3.8) is 0 Å². The maximum atomic E-state index is 8.60. The summed E-state index contributed by atoms with van der Waals surface area (Å²) in [6, 6.07) is 0. The molecule has 0 unspecified atom stereocenters. The van der Waals surface area contributed by atoms with Gasteiger partial charge in [-0.1, -0.05) is 0 Å². The van der Waals surface area contributed by atoms with Crippen LogP contribution in [0.4, 0.5) is 0 Å². The predicted octanol–water partition coefficient (Wildman–Crippen LogP) is -7.53. The Hall–Kier alpha value is 3.59. The number of hydrogen-bond acceptors (Lipinski definition) is 15. The molecule has 0 fully saturated rings. The molecule has 0 aromatic rings. The fourth-order valence-corrected chi connectivity index (χ4v) is 0.